The molecule has 1 aliphatic carbocycles. The molecule has 7 nitrogen and oxygen atoms in total. The van der Waals surface area contributed by atoms with Gasteiger partial charge in [0.05, 0.1) is 24.6 Å². The molecule has 1 aromatic carbocycles. The summed E-state index contributed by atoms with van der Waals surface area (Å²) in [6.07, 6.45) is 0.322. The van der Waals surface area contributed by atoms with Gasteiger partial charge in [-0.05, 0) is 36.5 Å². The maximum Gasteiger partial charge on any atom is 0.407 e. The molecule has 0 aliphatic heterocycles. The van der Waals surface area contributed by atoms with Crippen molar-refractivity contribution in [3.63, 3.8) is 0 Å². The molecular weight excluding hydrogens is 346 g/mol. The number of carbonyl (C=O) groups is 1. The molecule has 1 unspecified atom stereocenters. The van der Waals surface area contributed by atoms with Gasteiger partial charge < -0.3 is 30.6 Å². The predicted molar refractivity (Wildman–Crippen MR) is 104 cm³/mol. The van der Waals surface area contributed by atoms with Gasteiger partial charge >= 0.3 is 6.09 Å². The molecule has 0 saturated carbocycles. The summed E-state index contributed by atoms with van der Waals surface area (Å²) in [6.45, 7) is 5.21. The molecule has 0 saturated heterocycles. The Hall–Kier alpha value is -2.41. The van der Waals surface area contributed by atoms with Crippen molar-refractivity contribution in [3.05, 3.63) is 41.2 Å². The van der Waals surface area contributed by atoms with Gasteiger partial charge in [-0.3, -0.25) is 0 Å². The average Bonchev–Trinajstić information content (AvgIpc) is 2.67. The van der Waals surface area contributed by atoms with Crippen molar-refractivity contribution in [2.45, 2.75) is 45.4 Å². The molecule has 2 atom stereocenters. The van der Waals surface area contributed by atoms with E-state index in [4.69, 9.17) is 19.9 Å². The van der Waals surface area contributed by atoms with E-state index in [1.54, 1.807) is 14.2 Å². The van der Waals surface area contributed by atoms with Crippen LogP contribution in [-0.2, 0) is 16.0 Å². The molecule has 1 aliphatic rings. The van der Waals surface area contributed by atoms with E-state index in [9.17, 15) is 4.79 Å². The largest absolute Gasteiger partial charge is 0.497 e. The van der Waals surface area contributed by atoms with Gasteiger partial charge in [-0.1, -0.05) is 26.0 Å². The third-order valence-corrected chi connectivity index (χ3v) is 4.50. The molecule has 0 radical (unpaired) electrons. The number of hydrogen-bond acceptors (Lipinski definition) is 6. The Balaban J connectivity index is 2.03. The van der Waals surface area contributed by atoms with Crippen molar-refractivity contribution >= 4 is 6.09 Å². The molecular formula is C20H31N3O4. The van der Waals surface area contributed by atoms with E-state index in [1.165, 1.54) is 0 Å². The fraction of sp³-hybridized carbons (Fsp3) is 0.550. The SMILES string of the molecule is COc1ccc(CNC2=C(N)[C@H](OC(=O)NCC(C)C)CCC2OC)cc1. The lowest BCUT2D eigenvalue weighted by Crippen LogP contribution is -2.41. The van der Waals surface area contributed by atoms with Crippen molar-refractivity contribution in [2.75, 3.05) is 20.8 Å². The Bertz CT molecular complexity index is 643. The number of rotatable bonds is 8. The highest BCUT2D eigenvalue weighted by Gasteiger charge is 2.31. The second-order valence-corrected chi connectivity index (χ2v) is 7.04. The molecule has 2 rings (SSSR count). The molecule has 0 spiro atoms. The first-order chi connectivity index (χ1) is 12.9. The van der Waals surface area contributed by atoms with Crippen molar-refractivity contribution in [3.8, 4) is 5.75 Å². The Morgan fingerprint density at radius 3 is 2.44 bits per heavy atom. The van der Waals surface area contributed by atoms with Gasteiger partial charge in [0.25, 0.3) is 0 Å². The van der Waals surface area contributed by atoms with E-state index < -0.39 is 12.2 Å². The van der Waals surface area contributed by atoms with Gasteiger partial charge in [-0.2, -0.15) is 0 Å². The topological polar surface area (TPSA) is 94.8 Å². The monoisotopic (exact) mass is 377 g/mol. The van der Waals surface area contributed by atoms with Gasteiger partial charge in [0.1, 0.15) is 11.9 Å². The Morgan fingerprint density at radius 2 is 1.85 bits per heavy atom. The summed E-state index contributed by atoms with van der Waals surface area (Å²) in [4.78, 5) is 12.0. The minimum atomic E-state index is -0.457. The van der Waals surface area contributed by atoms with Gasteiger partial charge in [0, 0.05) is 20.2 Å². The van der Waals surface area contributed by atoms with Crippen LogP contribution in [0.3, 0.4) is 0 Å². The minimum Gasteiger partial charge on any atom is -0.497 e. The number of nitrogens with two attached hydrogens (primary N) is 1. The normalized spacial score (nSPS) is 19.7. The van der Waals surface area contributed by atoms with Crippen LogP contribution in [0.25, 0.3) is 0 Å². The molecule has 150 valence electrons. The van der Waals surface area contributed by atoms with Crippen LogP contribution in [0.5, 0.6) is 5.75 Å². The second-order valence-electron chi connectivity index (χ2n) is 7.04. The zero-order valence-corrected chi connectivity index (χ0v) is 16.6. The van der Waals surface area contributed by atoms with Crippen LogP contribution in [0.2, 0.25) is 0 Å². The lowest BCUT2D eigenvalue weighted by atomic mass is 9.95. The van der Waals surface area contributed by atoms with Crippen LogP contribution < -0.4 is 21.1 Å². The summed E-state index contributed by atoms with van der Waals surface area (Å²) in [5.74, 6) is 1.17. The van der Waals surface area contributed by atoms with Crippen molar-refractivity contribution in [1.82, 2.24) is 10.6 Å². The first-order valence-corrected chi connectivity index (χ1v) is 9.28. The van der Waals surface area contributed by atoms with E-state index in [-0.39, 0.29) is 6.10 Å². The van der Waals surface area contributed by atoms with Gasteiger partial charge in [-0.25, -0.2) is 4.79 Å². The van der Waals surface area contributed by atoms with E-state index in [0.29, 0.717) is 31.1 Å². The first-order valence-electron chi connectivity index (χ1n) is 9.28. The number of nitrogens with one attached hydrogen (secondary N) is 2. The van der Waals surface area contributed by atoms with Gasteiger partial charge in [-0.15, -0.1) is 0 Å². The summed E-state index contributed by atoms with van der Waals surface area (Å²) in [7, 11) is 3.30. The van der Waals surface area contributed by atoms with Crippen molar-refractivity contribution in [1.29, 1.82) is 0 Å². The lowest BCUT2D eigenvalue weighted by molar-refractivity contribution is 0.0634. The summed E-state index contributed by atoms with van der Waals surface area (Å²) in [5.41, 5.74) is 8.70. The number of methoxy groups -OCH3 is 2. The number of ether oxygens (including phenoxy) is 3. The number of hydrogen-bond donors (Lipinski definition) is 3. The molecule has 0 aromatic heterocycles. The fourth-order valence-corrected chi connectivity index (χ4v) is 2.93. The zero-order chi connectivity index (χ0) is 19.8. The molecule has 7 heteroatoms. The molecule has 4 N–H and O–H groups in total. The Labute approximate surface area is 161 Å². The Kier molecular flexibility index (Phi) is 7.79. The lowest BCUT2D eigenvalue weighted by Gasteiger charge is -2.32. The molecule has 1 amide bonds. The fourth-order valence-electron chi connectivity index (χ4n) is 2.93. The molecule has 0 heterocycles. The summed E-state index contributed by atoms with van der Waals surface area (Å²) in [5, 5.41) is 6.11. The molecule has 0 fully saturated rings. The summed E-state index contributed by atoms with van der Waals surface area (Å²) >= 11 is 0. The zero-order valence-electron chi connectivity index (χ0n) is 16.6. The highest BCUT2D eigenvalue weighted by molar-refractivity contribution is 5.67. The maximum atomic E-state index is 12.0. The van der Waals surface area contributed by atoms with Crippen molar-refractivity contribution in [2.24, 2.45) is 11.7 Å². The van der Waals surface area contributed by atoms with Crippen LogP contribution in [0.4, 0.5) is 4.79 Å². The van der Waals surface area contributed by atoms with E-state index in [1.807, 2.05) is 38.1 Å². The third-order valence-electron chi connectivity index (χ3n) is 4.50. The minimum absolute atomic E-state index is 0.137. The summed E-state index contributed by atoms with van der Waals surface area (Å²) in [6, 6.07) is 7.80. The number of benzene rings is 1. The van der Waals surface area contributed by atoms with Crippen LogP contribution in [0, 0.1) is 5.92 Å². The third kappa shape index (κ3) is 6.06. The number of amides is 1. The average molecular weight is 377 g/mol. The molecule has 1 aromatic rings. The van der Waals surface area contributed by atoms with Crippen molar-refractivity contribution < 1.29 is 19.0 Å². The van der Waals surface area contributed by atoms with Crippen LogP contribution >= 0.6 is 0 Å². The maximum absolute atomic E-state index is 12.0. The van der Waals surface area contributed by atoms with Crippen LogP contribution in [0.15, 0.2) is 35.7 Å². The van der Waals surface area contributed by atoms with Crippen LogP contribution in [-0.4, -0.2) is 39.1 Å². The molecule has 0 bridgehead atoms. The van der Waals surface area contributed by atoms with E-state index in [2.05, 4.69) is 10.6 Å². The molecule has 27 heavy (non-hydrogen) atoms. The highest BCUT2D eigenvalue weighted by atomic mass is 16.6. The van der Waals surface area contributed by atoms with E-state index in [0.717, 1.165) is 23.4 Å². The Morgan fingerprint density at radius 1 is 1.19 bits per heavy atom. The van der Waals surface area contributed by atoms with Gasteiger partial charge in [0.2, 0.25) is 0 Å². The van der Waals surface area contributed by atoms with E-state index >= 15 is 0 Å². The standard InChI is InChI=1S/C20H31N3O4/c1-13(2)11-23-20(24)27-16-9-10-17(26-4)19(18(16)21)22-12-14-5-7-15(25-3)8-6-14/h5-8,13,16-17,22H,9-12,21H2,1-4H3,(H,23,24)/t16-,17?/m1/s1. The first kappa shape index (κ1) is 20.9. The second kappa shape index (κ2) is 10.1. The predicted octanol–water partition coefficient (Wildman–Crippen LogP) is 2.51. The number of alkyl carbamates (subject to hydrolysis) is 1. The quantitative estimate of drug-likeness (QED) is 0.644. The van der Waals surface area contributed by atoms with Crippen LogP contribution in [0.1, 0.15) is 32.3 Å². The smallest absolute Gasteiger partial charge is 0.407 e. The van der Waals surface area contributed by atoms with Gasteiger partial charge in [0.15, 0.2) is 0 Å². The highest BCUT2D eigenvalue weighted by Crippen LogP contribution is 2.26. The number of carbonyl (C=O) groups excluding carboxylic acids is 1. The summed E-state index contributed by atoms with van der Waals surface area (Å²) < 4.78 is 16.2.